The monoisotopic (exact) mass is 376 g/mol. The molecule has 5 heteroatoms. The average molecular weight is 376 g/mol. The second kappa shape index (κ2) is 7.68. The number of aromatic nitrogens is 1. The number of rotatable bonds is 6. The van der Waals surface area contributed by atoms with Crippen molar-refractivity contribution in [2.24, 2.45) is 0 Å². The first kappa shape index (κ1) is 17.4. The van der Waals surface area contributed by atoms with E-state index < -0.39 is 0 Å². The molecular formula is C22H20N2O2S. The van der Waals surface area contributed by atoms with Gasteiger partial charge in [-0.25, -0.2) is 0 Å². The summed E-state index contributed by atoms with van der Waals surface area (Å²) in [6, 6.07) is 21.5. The number of fused-ring (bicyclic) bond motifs is 1. The number of hydrogen-bond acceptors (Lipinski definition) is 3. The van der Waals surface area contributed by atoms with Gasteiger partial charge in [0.05, 0.1) is 10.2 Å². The van der Waals surface area contributed by atoms with Crippen LogP contribution in [0, 0.1) is 0 Å². The molecule has 0 aliphatic rings. The topological polar surface area (TPSA) is 43.3 Å². The number of hydrogen-bond donors (Lipinski definition) is 1. The first-order valence-corrected chi connectivity index (χ1v) is 9.77. The highest BCUT2D eigenvalue weighted by Gasteiger charge is 2.15. The van der Waals surface area contributed by atoms with Crippen molar-refractivity contribution in [3.05, 3.63) is 83.4 Å². The van der Waals surface area contributed by atoms with Crippen molar-refractivity contribution in [3.8, 4) is 5.75 Å². The number of aryl methyl sites for hydroxylation is 1. The molecule has 0 bridgehead atoms. The zero-order valence-corrected chi connectivity index (χ0v) is 15.8. The lowest BCUT2D eigenvalue weighted by atomic mass is 10.2. The fraction of sp³-hybridized carbons (Fsp3) is 0.136. The normalized spacial score (nSPS) is 10.9. The minimum Gasteiger partial charge on any atom is -0.489 e. The van der Waals surface area contributed by atoms with Crippen LogP contribution in [0.3, 0.4) is 0 Å². The van der Waals surface area contributed by atoms with E-state index in [1.54, 1.807) is 11.3 Å². The van der Waals surface area contributed by atoms with Crippen LogP contribution in [0.1, 0.15) is 23.0 Å². The number of carbonyl (C=O) groups excluding carboxylic acids is 1. The second-order valence-electron chi connectivity index (χ2n) is 6.20. The fourth-order valence-electron chi connectivity index (χ4n) is 3.08. The molecule has 0 saturated carbocycles. The molecule has 4 nitrogen and oxygen atoms in total. The lowest BCUT2D eigenvalue weighted by Crippen LogP contribution is -2.16. The van der Waals surface area contributed by atoms with E-state index in [2.05, 4.69) is 11.4 Å². The Hall–Kier alpha value is -3.05. The Morgan fingerprint density at radius 2 is 1.85 bits per heavy atom. The van der Waals surface area contributed by atoms with Crippen LogP contribution in [-0.4, -0.2) is 10.5 Å². The summed E-state index contributed by atoms with van der Waals surface area (Å²) >= 11 is 1.65. The molecule has 0 aliphatic heterocycles. The molecule has 0 atom stereocenters. The molecule has 0 saturated heterocycles. The number of thiophene rings is 1. The number of nitrogens with zero attached hydrogens (tertiary/aromatic N) is 1. The van der Waals surface area contributed by atoms with Crippen molar-refractivity contribution in [1.82, 2.24) is 4.57 Å². The zero-order chi connectivity index (χ0) is 18.6. The van der Waals surface area contributed by atoms with Gasteiger partial charge in [0.25, 0.3) is 5.91 Å². The van der Waals surface area contributed by atoms with Crippen molar-refractivity contribution < 1.29 is 9.53 Å². The molecule has 0 radical (unpaired) electrons. The quantitative estimate of drug-likeness (QED) is 0.479. The van der Waals surface area contributed by atoms with Gasteiger partial charge in [-0.1, -0.05) is 30.3 Å². The van der Waals surface area contributed by atoms with E-state index in [0.29, 0.717) is 12.3 Å². The molecule has 0 spiro atoms. The molecule has 0 fully saturated rings. The SMILES string of the molecule is CCn1c(C(=O)Nc2ccc(OCc3ccccc3)cc2)cc2sccc21. The third-order valence-electron chi connectivity index (χ3n) is 4.43. The van der Waals surface area contributed by atoms with Gasteiger partial charge in [-0.2, -0.15) is 0 Å². The number of carbonyl (C=O) groups is 1. The molecule has 1 N–H and O–H groups in total. The smallest absolute Gasteiger partial charge is 0.272 e. The summed E-state index contributed by atoms with van der Waals surface area (Å²) in [7, 11) is 0. The average Bonchev–Trinajstić information content (AvgIpc) is 3.29. The molecule has 27 heavy (non-hydrogen) atoms. The summed E-state index contributed by atoms with van der Waals surface area (Å²) < 4.78 is 8.96. The predicted octanol–water partition coefficient (Wildman–Crippen LogP) is 5.55. The molecule has 0 unspecified atom stereocenters. The highest BCUT2D eigenvalue weighted by atomic mass is 32.1. The van der Waals surface area contributed by atoms with E-state index in [1.807, 2.05) is 77.5 Å². The summed E-state index contributed by atoms with van der Waals surface area (Å²) in [5.41, 5.74) is 3.66. The minimum absolute atomic E-state index is 0.0989. The van der Waals surface area contributed by atoms with Gasteiger partial charge in [0.1, 0.15) is 18.1 Å². The molecule has 2 heterocycles. The summed E-state index contributed by atoms with van der Waals surface area (Å²) in [6.45, 7) is 3.33. The highest BCUT2D eigenvalue weighted by molar-refractivity contribution is 7.17. The van der Waals surface area contributed by atoms with Crippen LogP contribution in [-0.2, 0) is 13.2 Å². The van der Waals surface area contributed by atoms with Crippen LogP contribution >= 0.6 is 11.3 Å². The lowest BCUT2D eigenvalue weighted by molar-refractivity contribution is 0.101. The Balaban J connectivity index is 1.43. The summed E-state index contributed by atoms with van der Waals surface area (Å²) in [6.07, 6.45) is 0. The minimum atomic E-state index is -0.0989. The Bertz CT molecular complexity index is 1050. The fourth-order valence-corrected chi connectivity index (χ4v) is 3.90. The Labute approximate surface area is 162 Å². The van der Waals surface area contributed by atoms with E-state index in [4.69, 9.17) is 4.74 Å². The molecule has 1 amide bonds. The highest BCUT2D eigenvalue weighted by Crippen LogP contribution is 2.26. The zero-order valence-electron chi connectivity index (χ0n) is 15.0. The number of ether oxygens (including phenoxy) is 1. The van der Waals surface area contributed by atoms with E-state index in [-0.39, 0.29) is 5.91 Å². The molecule has 4 aromatic rings. The molecule has 2 aromatic heterocycles. The number of anilines is 1. The van der Waals surface area contributed by atoms with E-state index in [1.165, 1.54) is 0 Å². The van der Waals surface area contributed by atoms with Crippen molar-refractivity contribution in [3.63, 3.8) is 0 Å². The number of amides is 1. The van der Waals surface area contributed by atoms with Crippen LogP contribution in [0.5, 0.6) is 5.75 Å². The van der Waals surface area contributed by atoms with Gasteiger partial charge in [-0.05, 0) is 54.3 Å². The molecule has 2 aromatic carbocycles. The third-order valence-corrected chi connectivity index (χ3v) is 5.29. The van der Waals surface area contributed by atoms with Crippen molar-refractivity contribution >= 4 is 33.1 Å². The summed E-state index contributed by atoms with van der Waals surface area (Å²) in [5.74, 6) is 0.674. The van der Waals surface area contributed by atoms with Gasteiger partial charge >= 0.3 is 0 Å². The van der Waals surface area contributed by atoms with Gasteiger partial charge in [0.2, 0.25) is 0 Å². The van der Waals surface area contributed by atoms with Crippen LogP contribution in [0.15, 0.2) is 72.1 Å². The van der Waals surface area contributed by atoms with E-state index in [0.717, 1.165) is 33.8 Å². The summed E-state index contributed by atoms with van der Waals surface area (Å²) in [5, 5.41) is 5.02. The Morgan fingerprint density at radius 3 is 2.59 bits per heavy atom. The molecule has 136 valence electrons. The largest absolute Gasteiger partial charge is 0.489 e. The molecular weight excluding hydrogens is 356 g/mol. The lowest BCUT2D eigenvalue weighted by Gasteiger charge is -2.10. The first-order chi connectivity index (χ1) is 13.2. The Morgan fingerprint density at radius 1 is 1.07 bits per heavy atom. The van der Waals surface area contributed by atoms with Crippen LogP contribution in [0.4, 0.5) is 5.69 Å². The predicted molar refractivity (Wildman–Crippen MR) is 111 cm³/mol. The van der Waals surface area contributed by atoms with Gasteiger partial charge in [0, 0.05) is 12.2 Å². The van der Waals surface area contributed by atoms with Gasteiger partial charge in [0.15, 0.2) is 0 Å². The van der Waals surface area contributed by atoms with E-state index in [9.17, 15) is 4.79 Å². The van der Waals surface area contributed by atoms with Crippen LogP contribution in [0.2, 0.25) is 0 Å². The molecule has 0 aliphatic carbocycles. The van der Waals surface area contributed by atoms with Gasteiger partial charge in [-0.15, -0.1) is 11.3 Å². The first-order valence-electron chi connectivity index (χ1n) is 8.89. The maximum Gasteiger partial charge on any atom is 0.272 e. The summed E-state index contributed by atoms with van der Waals surface area (Å²) in [4.78, 5) is 12.7. The molecule has 4 rings (SSSR count). The van der Waals surface area contributed by atoms with Crippen molar-refractivity contribution in [1.29, 1.82) is 0 Å². The van der Waals surface area contributed by atoms with Crippen LogP contribution in [0.25, 0.3) is 10.2 Å². The maximum absolute atomic E-state index is 12.7. The number of benzene rings is 2. The van der Waals surface area contributed by atoms with Gasteiger partial charge in [-0.3, -0.25) is 4.79 Å². The van der Waals surface area contributed by atoms with E-state index >= 15 is 0 Å². The number of nitrogens with one attached hydrogen (secondary N) is 1. The standard InChI is InChI=1S/C22H20N2O2S/c1-2-24-19-12-13-27-21(19)14-20(24)22(25)23-17-8-10-18(11-9-17)26-15-16-6-4-3-5-7-16/h3-14H,2,15H2,1H3,(H,23,25). The maximum atomic E-state index is 12.7. The third kappa shape index (κ3) is 3.73. The van der Waals surface area contributed by atoms with Crippen molar-refractivity contribution in [2.75, 3.05) is 5.32 Å². The van der Waals surface area contributed by atoms with Gasteiger partial charge < -0.3 is 14.6 Å². The second-order valence-corrected chi connectivity index (χ2v) is 7.14. The van der Waals surface area contributed by atoms with Crippen molar-refractivity contribution in [2.45, 2.75) is 20.1 Å². The van der Waals surface area contributed by atoms with Crippen LogP contribution < -0.4 is 10.1 Å². The Kier molecular flexibility index (Phi) is 4.94.